The summed E-state index contributed by atoms with van der Waals surface area (Å²) in [4.78, 5) is 51.8. The van der Waals surface area contributed by atoms with E-state index < -0.39 is 10.9 Å². The third-order valence-corrected chi connectivity index (χ3v) is 27.2. The Morgan fingerprint density at radius 3 is 1.17 bits per heavy atom. The second-order valence-corrected chi connectivity index (χ2v) is 38.0. The SMILES string of the molecule is C=C(C)CCC(C(=C)C)C1CCC(C(CCC(C)=O)C(=C)C)CCC(C(CCC(=C)C)C(=C)C)Cc2cc(CCCCc3nc(CCCCc4cc5cc(c4)CC4CCC6CCC(C5)C(CCC(=C)C)C(=C)CC(CC(=C)C6CCC(=C)C)CC(=C)C4CCC(=C)C)nc(NCCOCCOCCNc4c(C)c(=O)c4=O)n3)cc(c2)C1. The van der Waals surface area contributed by atoms with Crippen molar-refractivity contribution < 1.29 is 14.3 Å². The lowest BCUT2D eigenvalue weighted by atomic mass is 9.69. The maximum absolute atomic E-state index is 12.6. The van der Waals surface area contributed by atoms with Crippen LogP contribution in [0.2, 0.25) is 0 Å². The van der Waals surface area contributed by atoms with Gasteiger partial charge in [-0.25, -0.2) is 4.98 Å². The number of ether oxygens (including phenoxy) is 2. The Hall–Kier alpha value is -7.14. The molecule has 0 aliphatic heterocycles. The van der Waals surface area contributed by atoms with Crippen LogP contribution in [0.1, 0.15) is 286 Å². The number of ketones is 1. The van der Waals surface area contributed by atoms with Crippen LogP contribution in [0.25, 0.3) is 0 Å². The summed E-state index contributed by atoms with van der Waals surface area (Å²) in [5.41, 5.74) is 23.0. The van der Waals surface area contributed by atoms with Crippen molar-refractivity contribution >= 4 is 17.4 Å². The molecule has 634 valence electrons. The molecule has 116 heavy (non-hydrogen) atoms. The minimum atomic E-state index is -0.458. The first-order valence-corrected chi connectivity index (χ1v) is 45.5. The molecule has 0 radical (unpaired) electrons. The van der Waals surface area contributed by atoms with Crippen LogP contribution >= 0.6 is 0 Å². The molecule has 10 atom stereocenters. The summed E-state index contributed by atoms with van der Waals surface area (Å²) in [6.45, 7) is 74.9. The molecule has 1 heterocycles. The number of nitrogens with one attached hydrogen (secondary N) is 2. The van der Waals surface area contributed by atoms with Crippen LogP contribution < -0.4 is 21.5 Å². The van der Waals surface area contributed by atoms with Gasteiger partial charge in [0, 0.05) is 37.9 Å². The van der Waals surface area contributed by atoms with E-state index in [-0.39, 0.29) is 5.78 Å². The lowest BCUT2D eigenvalue weighted by Gasteiger charge is -2.36. The number of Topliss-reactive ketones (excluding diaryl/α,β-unsaturated/α-hetero) is 1. The van der Waals surface area contributed by atoms with Gasteiger partial charge in [-0.2, -0.15) is 9.97 Å². The molecule has 4 aromatic rings. The van der Waals surface area contributed by atoms with E-state index in [2.05, 4.69) is 155 Å². The number of unbranched alkanes of at least 4 members (excludes halogenated alkanes) is 2. The van der Waals surface area contributed by atoms with Crippen molar-refractivity contribution in [3.05, 3.63) is 241 Å². The van der Waals surface area contributed by atoms with Crippen LogP contribution in [-0.2, 0) is 65.6 Å². The van der Waals surface area contributed by atoms with Gasteiger partial charge in [-0.05, 0) is 385 Å². The Morgan fingerprint density at radius 1 is 0.414 bits per heavy atom. The minimum Gasteiger partial charge on any atom is -0.379 e. The first-order valence-electron chi connectivity index (χ1n) is 45.5. The van der Waals surface area contributed by atoms with Gasteiger partial charge in [-0.1, -0.05) is 137 Å². The van der Waals surface area contributed by atoms with Crippen molar-refractivity contribution in [1.29, 1.82) is 0 Å². The molecule has 0 spiro atoms. The molecule has 2 fully saturated rings. The average Bonchev–Trinajstić information content (AvgIpc) is 0.896. The van der Waals surface area contributed by atoms with Gasteiger partial charge in [0.15, 0.2) is 0 Å². The smallest absolute Gasteiger partial charge is 0.249 e. The molecule has 10 heteroatoms. The van der Waals surface area contributed by atoms with Gasteiger partial charge < -0.3 is 24.9 Å². The van der Waals surface area contributed by atoms with Gasteiger partial charge in [-0.3, -0.25) is 9.59 Å². The number of allylic oxidation sites excluding steroid dienone is 11. The van der Waals surface area contributed by atoms with Gasteiger partial charge in [0.05, 0.1) is 32.1 Å². The number of carbonyl (C=O) groups is 1. The second-order valence-electron chi connectivity index (χ2n) is 38.0. The summed E-state index contributed by atoms with van der Waals surface area (Å²) < 4.78 is 11.8. The molecule has 8 bridgehead atoms. The van der Waals surface area contributed by atoms with Gasteiger partial charge in [0.1, 0.15) is 17.4 Å². The molecule has 0 amide bonds. The number of fused-ring (bicyclic) bond motifs is 11. The van der Waals surface area contributed by atoms with E-state index in [1.54, 1.807) is 13.8 Å². The van der Waals surface area contributed by atoms with Crippen LogP contribution in [0.4, 0.5) is 11.6 Å². The van der Waals surface area contributed by atoms with Crippen LogP contribution in [-0.4, -0.2) is 60.3 Å². The number of nitrogens with zero attached hydrogens (tertiary/aromatic N) is 3. The van der Waals surface area contributed by atoms with Crippen molar-refractivity contribution in [2.45, 2.75) is 294 Å². The van der Waals surface area contributed by atoms with E-state index in [0.29, 0.717) is 140 Å². The molecule has 4 aliphatic rings. The summed E-state index contributed by atoms with van der Waals surface area (Å²) in [5.74, 6) is 8.13. The second kappa shape index (κ2) is 47.6. The number of aryl methyl sites for hydroxylation is 4. The first kappa shape index (κ1) is 94.3. The number of rotatable bonds is 45. The molecule has 8 rings (SSSR count). The number of anilines is 2. The zero-order valence-corrected chi connectivity index (χ0v) is 74.6. The minimum absolute atomic E-state index is 0.258. The Balaban J connectivity index is 1.05. The molecular formula is C106H155N5O5. The number of benzene rings is 2. The van der Waals surface area contributed by atoms with Gasteiger partial charge in [0.25, 0.3) is 0 Å². The molecule has 4 aliphatic carbocycles. The lowest BCUT2D eigenvalue weighted by Crippen LogP contribution is -2.37. The molecule has 2 saturated carbocycles. The third kappa shape index (κ3) is 30.6. The van der Waals surface area contributed by atoms with Gasteiger partial charge in [0.2, 0.25) is 16.8 Å². The average molecular weight is 1580 g/mol. The molecule has 1 aromatic heterocycles. The number of hydrogen-bond acceptors (Lipinski definition) is 10. The maximum atomic E-state index is 12.6. The summed E-state index contributed by atoms with van der Waals surface area (Å²) in [6.07, 6.45) is 35.8. The van der Waals surface area contributed by atoms with E-state index in [9.17, 15) is 14.4 Å². The summed E-state index contributed by atoms with van der Waals surface area (Å²) in [5, 5.41) is 6.57. The predicted molar refractivity (Wildman–Crippen MR) is 494 cm³/mol. The van der Waals surface area contributed by atoms with E-state index in [0.717, 1.165) is 204 Å². The highest BCUT2D eigenvalue weighted by Gasteiger charge is 2.38. The maximum Gasteiger partial charge on any atom is 0.249 e. The lowest BCUT2D eigenvalue weighted by molar-refractivity contribution is -0.117. The van der Waals surface area contributed by atoms with Crippen LogP contribution in [0.5, 0.6) is 0 Å². The number of hydrogen-bond donors (Lipinski definition) is 2. The monoisotopic (exact) mass is 1580 g/mol. The Labute approximate surface area is 704 Å². The standard InChI is InChI=1S/C106H155N5O5/c1-69(2)30-44-96(75(13)14)91-40-36-89(95(74(11)12)49-35-80(20)112)37-41-92(97(76(15)16)45-31-70(3)4)66-86-60-82(59-85(63-86)65-91)26-22-24-28-101-109-102(111-106(110-101)108-51-53-116-55-54-115-52-50-107-103-81(21)104(113)105(103)114)29-25-23-27-83-61-87-64-88(62-83)68-94-43-39-90-38-42-93(67-87)99(47-33-72(7)8)78(18)57-84(56-77(17)98(90)46-32-71(5)6)58-79(19)100(94)48-34-73(9)10/h59-64,84,89-100,107H,1,3,5,7,9,11,13,15,17-19,22-58,65-68H2,2,4,6,8,10,12,14,16,20-21H3,(H,108,109,110,111). The summed E-state index contributed by atoms with van der Waals surface area (Å²) in [7, 11) is 0. The van der Waals surface area contributed by atoms with Crippen LogP contribution in [0.15, 0.2) is 180 Å². The van der Waals surface area contributed by atoms with Gasteiger partial charge in [-0.15, -0.1) is 32.9 Å². The molecule has 10 unspecified atom stereocenters. The van der Waals surface area contributed by atoms with Gasteiger partial charge >= 0.3 is 0 Å². The normalized spacial score (nSPS) is 22.3. The number of aromatic nitrogens is 3. The highest BCUT2D eigenvalue weighted by molar-refractivity contribution is 5.75. The molecule has 2 N–H and O–H groups in total. The quantitative estimate of drug-likeness (QED) is 0.0250. The number of carbonyl (C=O) groups excluding carboxylic acids is 1. The van der Waals surface area contributed by atoms with Crippen molar-refractivity contribution in [2.24, 2.45) is 76.9 Å². The largest absolute Gasteiger partial charge is 0.379 e. The van der Waals surface area contributed by atoms with E-state index >= 15 is 0 Å². The zero-order valence-electron chi connectivity index (χ0n) is 74.6. The van der Waals surface area contributed by atoms with Crippen molar-refractivity contribution in [1.82, 2.24) is 15.0 Å². The van der Waals surface area contributed by atoms with Crippen molar-refractivity contribution in [3.63, 3.8) is 0 Å². The predicted octanol–water partition coefficient (Wildman–Crippen LogP) is 25.5. The fraction of sp³-hybridized carbons (Fsp3) is 0.604. The van der Waals surface area contributed by atoms with E-state index in [1.807, 2.05) is 0 Å². The van der Waals surface area contributed by atoms with Crippen LogP contribution in [0, 0.1) is 83.9 Å². The highest BCUT2D eigenvalue weighted by Crippen LogP contribution is 2.49. The Bertz CT molecular complexity index is 3970. The first-order chi connectivity index (χ1) is 55.4. The molecule has 0 saturated heterocycles. The van der Waals surface area contributed by atoms with E-state index in [1.165, 1.54) is 120 Å². The third-order valence-electron chi connectivity index (χ3n) is 27.2. The van der Waals surface area contributed by atoms with Crippen molar-refractivity contribution in [3.8, 4) is 0 Å². The Morgan fingerprint density at radius 2 is 0.776 bits per heavy atom. The topological polar surface area (TPSA) is 132 Å². The highest BCUT2D eigenvalue weighted by atomic mass is 16.5. The van der Waals surface area contributed by atoms with Crippen LogP contribution in [0.3, 0.4) is 0 Å². The summed E-state index contributed by atoms with van der Waals surface area (Å²) in [6, 6.07) is 15.4. The van der Waals surface area contributed by atoms with E-state index in [4.69, 9.17) is 44.2 Å². The molecule has 3 aromatic carbocycles. The summed E-state index contributed by atoms with van der Waals surface area (Å²) >= 11 is 0. The molecule has 10 nitrogen and oxygen atoms in total. The fourth-order valence-electron chi connectivity index (χ4n) is 20.9. The van der Waals surface area contributed by atoms with Crippen molar-refractivity contribution in [2.75, 3.05) is 50.2 Å². The molecular weight excluding hydrogens is 1420 g/mol. The Kier molecular flexibility index (Phi) is 38.7. The fourth-order valence-corrected chi connectivity index (χ4v) is 20.9. The zero-order chi connectivity index (χ0) is 84.1.